The van der Waals surface area contributed by atoms with E-state index in [0.717, 1.165) is 21.6 Å². The highest BCUT2D eigenvalue weighted by atomic mass is 32.2. The molecule has 3 aromatic carbocycles. The van der Waals surface area contributed by atoms with Gasteiger partial charge >= 0.3 is 6.18 Å². The quantitative estimate of drug-likeness (QED) is 0.368. The van der Waals surface area contributed by atoms with Crippen molar-refractivity contribution < 1.29 is 13.2 Å². The van der Waals surface area contributed by atoms with Gasteiger partial charge < -0.3 is 0 Å². The SMILES string of the molecule is CSc1ccc([S+](c2ccccc2)c2ccccc2)cc1C(F)(F)F. The van der Waals surface area contributed by atoms with Crippen molar-refractivity contribution in [2.24, 2.45) is 0 Å². The number of hydrogen-bond acceptors (Lipinski definition) is 1. The van der Waals surface area contributed by atoms with Crippen LogP contribution in [0.1, 0.15) is 5.56 Å². The van der Waals surface area contributed by atoms with Crippen molar-refractivity contribution in [3.05, 3.63) is 84.4 Å². The van der Waals surface area contributed by atoms with Gasteiger partial charge in [-0.1, -0.05) is 36.4 Å². The van der Waals surface area contributed by atoms with Gasteiger partial charge in [0.1, 0.15) is 0 Å². The maximum atomic E-state index is 13.5. The molecule has 0 bridgehead atoms. The van der Waals surface area contributed by atoms with Gasteiger partial charge in [0, 0.05) is 11.0 Å². The van der Waals surface area contributed by atoms with E-state index in [4.69, 9.17) is 0 Å². The van der Waals surface area contributed by atoms with Crippen LogP contribution < -0.4 is 0 Å². The molecule has 0 unspecified atom stereocenters. The van der Waals surface area contributed by atoms with Gasteiger partial charge in [0.2, 0.25) is 0 Å². The Morgan fingerprint density at radius 3 is 1.68 bits per heavy atom. The van der Waals surface area contributed by atoms with Gasteiger partial charge in [-0.15, -0.1) is 11.8 Å². The molecular formula is C20H16F3S2+. The zero-order valence-electron chi connectivity index (χ0n) is 13.5. The normalized spacial score (nSPS) is 11.7. The Morgan fingerprint density at radius 2 is 1.24 bits per heavy atom. The molecule has 0 fully saturated rings. The number of thioether (sulfide) groups is 1. The third-order valence-corrected chi connectivity index (χ3v) is 6.68. The van der Waals surface area contributed by atoms with Crippen LogP contribution in [0, 0.1) is 0 Å². The first-order valence-corrected chi connectivity index (χ1v) is 10.1. The van der Waals surface area contributed by atoms with E-state index in [2.05, 4.69) is 0 Å². The number of halogens is 3. The molecule has 0 saturated heterocycles. The highest BCUT2D eigenvalue weighted by molar-refractivity contribution is 7.98. The minimum absolute atomic E-state index is 0.251. The van der Waals surface area contributed by atoms with Gasteiger partial charge in [0.25, 0.3) is 0 Å². The second-order valence-electron chi connectivity index (χ2n) is 5.29. The van der Waals surface area contributed by atoms with E-state index in [1.165, 1.54) is 6.07 Å². The molecule has 5 heteroatoms. The Kier molecular flexibility index (Phi) is 5.45. The fourth-order valence-corrected chi connectivity index (χ4v) is 5.27. The molecule has 0 spiro atoms. The summed E-state index contributed by atoms with van der Waals surface area (Å²) in [7, 11) is -0.579. The van der Waals surface area contributed by atoms with Gasteiger partial charge in [-0.3, -0.25) is 0 Å². The molecule has 0 aliphatic carbocycles. The molecule has 3 rings (SSSR count). The number of benzene rings is 3. The van der Waals surface area contributed by atoms with E-state index < -0.39 is 22.6 Å². The summed E-state index contributed by atoms with van der Waals surface area (Å²) in [5, 5.41) is 0. The van der Waals surface area contributed by atoms with Crippen LogP contribution in [0.25, 0.3) is 0 Å². The van der Waals surface area contributed by atoms with Crippen LogP contribution in [0.4, 0.5) is 13.2 Å². The minimum Gasteiger partial charge on any atom is -0.166 e. The van der Waals surface area contributed by atoms with E-state index in [1.54, 1.807) is 12.3 Å². The average Bonchev–Trinajstić information content (AvgIpc) is 2.63. The van der Waals surface area contributed by atoms with Gasteiger partial charge in [0.05, 0.1) is 16.5 Å². The van der Waals surface area contributed by atoms with Crippen LogP contribution in [0.2, 0.25) is 0 Å². The van der Waals surface area contributed by atoms with Crippen molar-refractivity contribution in [2.45, 2.75) is 25.8 Å². The molecule has 0 nitrogen and oxygen atoms in total. The van der Waals surface area contributed by atoms with Gasteiger partial charge in [-0.25, -0.2) is 0 Å². The second kappa shape index (κ2) is 7.58. The average molecular weight is 377 g/mol. The molecular weight excluding hydrogens is 361 g/mol. The minimum atomic E-state index is -4.36. The summed E-state index contributed by atoms with van der Waals surface area (Å²) in [6.45, 7) is 0. The van der Waals surface area contributed by atoms with Crippen LogP contribution in [0.15, 0.2) is 98.4 Å². The molecule has 0 atom stereocenters. The Hall–Kier alpha value is -1.85. The lowest BCUT2D eigenvalue weighted by Gasteiger charge is -2.14. The molecule has 0 aromatic heterocycles. The van der Waals surface area contributed by atoms with Crippen LogP contribution in [-0.2, 0) is 17.1 Å². The third kappa shape index (κ3) is 4.05. The number of hydrogen-bond donors (Lipinski definition) is 0. The highest BCUT2D eigenvalue weighted by Gasteiger charge is 2.37. The molecule has 0 radical (unpaired) electrons. The molecule has 0 amide bonds. The lowest BCUT2D eigenvalue weighted by Crippen LogP contribution is -2.10. The summed E-state index contributed by atoms with van der Waals surface area (Å²) in [5.74, 6) is 0. The molecule has 0 N–H and O–H groups in total. The third-order valence-electron chi connectivity index (χ3n) is 3.67. The lowest BCUT2D eigenvalue weighted by atomic mass is 10.2. The Balaban J connectivity index is 2.18. The maximum absolute atomic E-state index is 13.5. The van der Waals surface area contributed by atoms with E-state index in [0.29, 0.717) is 4.90 Å². The summed E-state index contributed by atoms with van der Waals surface area (Å²) in [5.41, 5.74) is -0.568. The van der Waals surface area contributed by atoms with Gasteiger partial charge in [-0.05, 0) is 42.7 Å². The number of rotatable bonds is 4. The van der Waals surface area contributed by atoms with Crippen molar-refractivity contribution >= 4 is 22.7 Å². The van der Waals surface area contributed by atoms with Gasteiger partial charge in [0.15, 0.2) is 14.7 Å². The first-order chi connectivity index (χ1) is 12.0. The van der Waals surface area contributed by atoms with Crippen molar-refractivity contribution in [3.63, 3.8) is 0 Å². The first-order valence-electron chi connectivity index (χ1n) is 7.60. The van der Waals surface area contributed by atoms with Crippen LogP contribution in [0.3, 0.4) is 0 Å². The van der Waals surface area contributed by atoms with Crippen molar-refractivity contribution in [1.82, 2.24) is 0 Å². The Morgan fingerprint density at radius 1 is 0.720 bits per heavy atom. The molecule has 128 valence electrons. The van der Waals surface area contributed by atoms with Gasteiger partial charge in [-0.2, -0.15) is 13.2 Å². The monoisotopic (exact) mass is 377 g/mol. The Bertz CT molecular complexity index is 791. The van der Waals surface area contributed by atoms with Crippen LogP contribution in [-0.4, -0.2) is 6.26 Å². The molecule has 0 aliphatic rings. The standard InChI is InChI=1S/C20H16F3S2/c1-24-19-13-12-17(14-18(19)20(21,22)23)25(15-8-4-2-5-9-15)16-10-6-3-7-11-16/h2-14H,1H3/q+1. The Labute approximate surface area is 152 Å². The molecule has 3 aromatic rings. The predicted molar refractivity (Wildman–Crippen MR) is 98.3 cm³/mol. The topological polar surface area (TPSA) is 0 Å². The largest absolute Gasteiger partial charge is 0.417 e. The first kappa shape index (κ1) is 18.0. The zero-order chi connectivity index (χ0) is 17.9. The van der Waals surface area contributed by atoms with Crippen molar-refractivity contribution in [1.29, 1.82) is 0 Å². The van der Waals surface area contributed by atoms with Crippen LogP contribution >= 0.6 is 11.8 Å². The molecule has 0 heterocycles. The molecule has 0 saturated carbocycles. The summed E-state index contributed by atoms with van der Waals surface area (Å²) in [6, 6.07) is 24.0. The highest BCUT2D eigenvalue weighted by Crippen LogP contribution is 2.40. The fourth-order valence-electron chi connectivity index (χ4n) is 2.56. The van der Waals surface area contributed by atoms with E-state index >= 15 is 0 Å². The van der Waals surface area contributed by atoms with Crippen molar-refractivity contribution in [3.8, 4) is 0 Å². The maximum Gasteiger partial charge on any atom is 0.417 e. The van der Waals surface area contributed by atoms with Crippen LogP contribution in [0.5, 0.6) is 0 Å². The van der Waals surface area contributed by atoms with E-state index in [9.17, 15) is 13.2 Å². The second-order valence-corrected chi connectivity index (χ2v) is 8.17. The molecule has 0 aliphatic heterocycles. The zero-order valence-corrected chi connectivity index (χ0v) is 15.1. The van der Waals surface area contributed by atoms with E-state index in [-0.39, 0.29) is 4.90 Å². The number of alkyl halides is 3. The fraction of sp³-hybridized carbons (Fsp3) is 0.100. The van der Waals surface area contributed by atoms with E-state index in [1.807, 2.05) is 66.7 Å². The summed E-state index contributed by atoms with van der Waals surface area (Å²) < 4.78 is 40.4. The summed E-state index contributed by atoms with van der Waals surface area (Å²) in [6.07, 6.45) is -2.70. The smallest absolute Gasteiger partial charge is 0.166 e. The van der Waals surface area contributed by atoms with Crippen molar-refractivity contribution in [2.75, 3.05) is 6.26 Å². The summed E-state index contributed by atoms with van der Waals surface area (Å²) >= 11 is 1.12. The summed E-state index contributed by atoms with van der Waals surface area (Å²) in [4.78, 5) is 2.92. The predicted octanol–water partition coefficient (Wildman–Crippen LogP) is 6.52. The molecule has 25 heavy (non-hydrogen) atoms. The lowest BCUT2D eigenvalue weighted by molar-refractivity contribution is -0.139.